The lowest BCUT2D eigenvalue weighted by Crippen LogP contribution is -2.49. The van der Waals surface area contributed by atoms with Crippen molar-refractivity contribution in [2.45, 2.75) is 65.3 Å². The third-order valence-corrected chi connectivity index (χ3v) is 9.27. The fourth-order valence-corrected chi connectivity index (χ4v) is 6.53. The van der Waals surface area contributed by atoms with Gasteiger partial charge in [-0.15, -0.1) is 0 Å². The van der Waals surface area contributed by atoms with Gasteiger partial charge in [-0.05, 0) is 58.9 Å². The molecule has 0 fully saturated rings. The molecule has 0 aliphatic heterocycles. The zero-order chi connectivity index (χ0) is 28.1. The number of rotatable bonds is 13. The number of anilines is 1. The average Bonchev–Trinajstić information content (AvgIpc) is 3.29. The molecule has 0 spiro atoms. The Kier molecular flexibility index (Phi) is 9.89. The number of hydrogen-bond acceptors (Lipinski definition) is 8. The molecule has 3 N–H and O–H groups in total. The van der Waals surface area contributed by atoms with E-state index < -0.39 is 19.0 Å². The lowest BCUT2D eigenvalue weighted by atomic mass is 10.1. The van der Waals surface area contributed by atoms with E-state index in [-0.39, 0.29) is 25.1 Å². The van der Waals surface area contributed by atoms with E-state index in [9.17, 15) is 9.36 Å². The van der Waals surface area contributed by atoms with Gasteiger partial charge >= 0.3 is 5.97 Å². The maximum Gasteiger partial charge on any atom is 0.326 e. The number of hydrogen-bond donors (Lipinski definition) is 2. The molecule has 0 saturated carbocycles. The van der Waals surface area contributed by atoms with E-state index in [0.717, 1.165) is 5.56 Å². The molecule has 0 bridgehead atoms. The number of carbonyl (C=O) groups is 1. The summed E-state index contributed by atoms with van der Waals surface area (Å²) < 4.78 is 29.6. The van der Waals surface area contributed by atoms with E-state index in [1.54, 1.807) is 44.0 Å². The summed E-state index contributed by atoms with van der Waals surface area (Å²) in [6, 6.07) is 7.07. The van der Waals surface area contributed by atoms with Crippen molar-refractivity contribution in [3.8, 4) is 0 Å². The highest BCUT2D eigenvalue weighted by Gasteiger charge is 2.41. The van der Waals surface area contributed by atoms with Crippen LogP contribution in [0.5, 0.6) is 0 Å². The maximum absolute atomic E-state index is 14.6. The van der Waals surface area contributed by atoms with E-state index >= 15 is 0 Å². The molecular weight excluding hydrogens is 529 g/mol. The first-order valence-electron chi connectivity index (χ1n) is 12.5. The first kappa shape index (κ1) is 30.0. The number of aromatic nitrogens is 4. The van der Waals surface area contributed by atoms with Gasteiger partial charge in [0.05, 0.1) is 25.6 Å². The maximum atomic E-state index is 14.6. The Morgan fingerprint density at radius 3 is 2.58 bits per heavy atom. The van der Waals surface area contributed by atoms with Crippen LogP contribution in [0.3, 0.4) is 0 Å². The van der Waals surface area contributed by atoms with Crippen molar-refractivity contribution in [3.05, 3.63) is 47.5 Å². The molecule has 0 unspecified atom stereocenters. The van der Waals surface area contributed by atoms with Crippen LogP contribution in [0.15, 0.2) is 36.9 Å². The summed E-state index contributed by atoms with van der Waals surface area (Å²) in [6.07, 6.45) is 3.17. The summed E-state index contributed by atoms with van der Waals surface area (Å²) in [5.41, 5.74) is 6.68. The molecule has 1 aromatic carbocycles. The van der Waals surface area contributed by atoms with Crippen molar-refractivity contribution < 1.29 is 18.8 Å². The van der Waals surface area contributed by atoms with Gasteiger partial charge in [0.1, 0.15) is 23.7 Å². The van der Waals surface area contributed by atoms with Crippen LogP contribution in [0.2, 0.25) is 5.02 Å². The van der Waals surface area contributed by atoms with Gasteiger partial charge in [0, 0.05) is 11.1 Å². The molecule has 3 atom stereocenters. The number of nitrogens with one attached hydrogen (secondary N) is 1. The largest absolute Gasteiger partial charge is 0.464 e. The predicted molar refractivity (Wildman–Crippen MR) is 149 cm³/mol. The fourth-order valence-electron chi connectivity index (χ4n) is 3.89. The molecule has 0 aliphatic carbocycles. The topological polar surface area (TPSA) is 137 Å². The zero-order valence-corrected chi connectivity index (χ0v) is 24.4. The van der Waals surface area contributed by atoms with Crippen LogP contribution in [0.4, 0.5) is 5.82 Å². The van der Waals surface area contributed by atoms with Crippen LogP contribution >= 0.6 is 19.0 Å². The summed E-state index contributed by atoms with van der Waals surface area (Å²) in [7, 11) is -1.75. The van der Waals surface area contributed by atoms with Crippen LogP contribution in [0, 0.1) is 0 Å². The highest BCUT2D eigenvalue weighted by molar-refractivity contribution is 7.59. The summed E-state index contributed by atoms with van der Waals surface area (Å²) >= 11 is 6.06. The fraction of sp³-hybridized carbons (Fsp3) is 0.520. The van der Waals surface area contributed by atoms with Gasteiger partial charge in [-0.3, -0.25) is 9.36 Å². The van der Waals surface area contributed by atoms with Crippen LogP contribution in [-0.2, 0) is 25.4 Å². The van der Waals surface area contributed by atoms with Crippen LogP contribution < -0.4 is 10.8 Å². The van der Waals surface area contributed by atoms with Crippen molar-refractivity contribution in [2.24, 2.45) is 0 Å². The number of ether oxygens (including phenoxy) is 2. The molecular formula is C25H37ClN7O4P. The normalized spacial score (nSPS) is 15.4. The smallest absolute Gasteiger partial charge is 0.326 e. The number of carbonyl (C=O) groups excluding carboxylic acids is 1. The number of benzene rings is 1. The lowest BCUT2D eigenvalue weighted by Gasteiger charge is -2.38. The van der Waals surface area contributed by atoms with E-state index in [1.807, 2.05) is 37.5 Å². The van der Waals surface area contributed by atoms with Gasteiger partial charge in [-0.2, -0.15) is 0 Å². The highest BCUT2D eigenvalue weighted by atomic mass is 35.5. The third-order valence-electron chi connectivity index (χ3n) is 6.24. The Bertz CT molecular complexity index is 1280. The second-order valence-corrected chi connectivity index (χ2v) is 12.8. The molecule has 3 aromatic rings. The minimum Gasteiger partial charge on any atom is -0.464 e. The number of nitrogens with two attached hydrogens (primary N) is 1. The Morgan fingerprint density at radius 1 is 1.24 bits per heavy atom. The number of nitrogen functional groups attached to an aromatic ring is 1. The van der Waals surface area contributed by atoms with Crippen LogP contribution in [0.1, 0.15) is 52.6 Å². The Balaban J connectivity index is 1.81. The summed E-state index contributed by atoms with van der Waals surface area (Å²) in [5.74, 6) is -0.187. The minimum absolute atomic E-state index is 0.156. The monoisotopic (exact) mass is 565 g/mol. The van der Waals surface area contributed by atoms with Crippen LogP contribution in [-0.4, -0.2) is 61.8 Å². The average molecular weight is 566 g/mol. The molecule has 3 rings (SSSR count). The minimum atomic E-state index is -3.49. The van der Waals surface area contributed by atoms with Crippen molar-refractivity contribution in [2.75, 3.05) is 25.7 Å². The molecule has 0 aliphatic rings. The highest BCUT2D eigenvalue weighted by Crippen LogP contribution is 2.51. The van der Waals surface area contributed by atoms with Gasteiger partial charge < -0.3 is 19.8 Å². The first-order chi connectivity index (χ1) is 17.9. The number of fused-ring (bicyclic) bond motifs is 1. The Morgan fingerprint density at radius 2 is 1.92 bits per heavy atom. The molecule has 2 aromatic heterocycles. The van der Waals surface area contributed by atoms with E-state index in [0.29, 0.717) is 35.0 Å². The summed E-state index contributed by atoms with van der Waals surface area (Å²) in [6.45, 7) is 9.71. The molecule has 208 valence electrons. The standard InChI is InChI=1S/C25H37ClN7O4P/c1-7-12-36-24(34)25(4,5)31-38(35,32(6)18(3)19-8-10-20(26)11-9-19)16-37-17(2)13-33-15-30-21-22(27)28-14-29-23(21)33/h8-11,14-15,17-18H,7,12-13,16H2,1-6H3,(H,31,35)(H2,27,28,29)/t17-,18-,38+/m1/s1. The van der Waals surface area contributed by atoms with Gasteiger partial charge in [0.25, 0.3) is 0 Å². The number of halogens is 1. The van der Waals surface area contributed by atoms with Gasteiger partial charge in [-0.1, -0.05) is 30.7 Å². The van der Waals surface area contributed by atoms with E-state index in [4.69, 9.17) is 26.8 Å². The molecule has 2 heterocycles. The predicted octanol–water partition coefficient (Wildman–Crippen LogP) is 4.63. The molecule has 0 radical (unpaired) electrons. The van der Waals surface area contributed by atoms with Gasteiger partial charge in [-0.25, -0.2) is 24.7 Å². The second kappa shape index (κ2) is 12.5. The first-order valence-corrected chi connectivity index (χ1v) is 14.7. The van der Waals surface area contributed by atoms with E-state index in [2.05, 4.69) is 20.0 Å². The number of imidazole rings is 1. The van der Waals surface area contributed by atoms with Crippen molar-refractivity contribution >= 4 is 42.0 Å². The van der Waals surface area contributed by atoms with Gasteiger partial charge in [0.15, 0.2) is 11.5 Å². The van der Waals surface area contributed by atoms with Gasteiger partial charge in [0.2, 0.25) is 7.44 Å². The lowest BCUT2D eigenvalue weighted by molar-refractivity contribution is -0.149. The van der Waals surface area contributed by atoms with Crippen LogP contribution in [0.25, 0.3) is 11.2 Å². The summed E-state index contributed by atoms with van der Waals surface area (Å²) in [5, 5.41) is 3.70. The van der Waals surface area contributed by atoms with Crippen molar-refractivity contribution in [1.29, 1.82) is 0 Å². The Labute approximate surface area is 228 Å². The number of nitrogens with zero attached hydrogens (tertiary/aromatic N) is 5. The molecule has 13 heteroatoms. The zero-order valence-electron chi connectivity index (χ0n) is 22.7. The number of esters is 1. The molecule has 0 amide bonds. The summed E-state index contributed by atoms with van der Waals surface area (Å²) in [4.78, 5) is 25.3. The SMILES string of the molecule is CCCOC(=O)C(C)(C)N[P@@](=O)(CO[C@H](C)Cn1cnc2c(N)ncnc21)N(C)[C@H](C)c1ccc(Cl)cc1. The molecule has 38 heavy (non-hydrogen) atoms. The third kappa shape index (κ3) is 7.09. The van der Waals surface area contributed by atoms with Crippen molar-refractivity contribution in [1.82, 2.24) is 29.3 Å². The van der Waals surface area contributed by atoms with E-state index in [1.165, 1.54) is 6.33 Å². The van der Waals surface area contributed by atoms with Crippen molar-refractivity contribution in [3.63, 3.8) is 0 Å². The molecule has 11 nitrogen and oxygen atoms in total. The second-order valence-electron chi connectivity index (χ2n) is 9.81. The molecule has 0 saturated heterocycles. The quantitative estimate of drug-likeness (QED) is 0.223. The Hall–Kier alpha value is -2.56.